The van der Waals surface area contributed by atoms with E-state index < -0.39 is 41.0 Å². The van der Waals surface area contributed by atoms with Crippen LogP contribution in [0.5, 0.6) is 0 Å². The van der Waals surface area contributed by atoms with Crippen molar-refractivity contribution in [1.29, 1.82) is 0 Å². The maximum atomic E-state index is 15.2. The Labute approximate surface area is 153 Å². The van der Waals surface area contributed by atoms with Crippen LogP contribution in [0.2, 0.25) is 0 Å². The molecule has 136 valence electrons. The summed E-state index contributed by atoms with van der Waals surface area (Å²) in [5.74, 6) is -6.33. The lowest BCUT2D eigenvalue weighted by Gasteiger charge is -2.35. The molecule has 3 rings (SSSR count). The van der Waals surface area contributed by atoms with Gasteiger partial charge in [0, 0.05) is 22.3 Å². The molecule has 0 amide bonds. The van der Waals surface area contributed by atoms with Crippen LogP contribution in [0.4, 0.5) is 17.6 Å². The van der Waals surface area contributed by atoms with Gasteiger partial charge < -0.3 is 5.11 Å². The van der Waals surface area contributed by atoms with E-state index in [0.29, 0.717) is 10.5 Å². The fraction of sp³-hybridized carbons (Fsp3) is 0.188. The van der Waals surface area contributed by atoms with Gasteiger partial charge in [-0.15, -0.1) is 0 Å². The number of benzene rings is 1. The first-order valence-electron chi connectivity index (χ1n) is 7.26. The van der Waals surface area contributed by atoms with Crippen LogP contribution >= 0.6 is 15.9 Å². The van der Waals surface area contributed by atoms with Crippen LogP contribution in [0.1, 0.15) is 11.3 Å². The van der Waals surface area contributed by atoms with E-state index in [0.717, 1.165) is 29.2 Å². The molecular weight excluding hydrogens is 420 g/mol. The number of hydrogen-bond acceptors (Lipinski definition) is 4. The van der Waals surface area contributed by atoms with Crippen molar-refractivity contribution in [2.24, 2.45) is 0 Å². The molecular formula is C16H11BrF4N4O. The summed E-state index contributed by atoms with van der Waals surface area (Å²) < 4.78 is 58.4. The van der Waals surface area contributed by atoms with E-state index in [-0.39, 0.29) is 0 Å². The minimum Gasteiger partial charge on any atom is -0.377 e. The van der Waals surface area contributed by atoms with Crippen molar-refractivity contribution in [3.05, 3.63) is 76.3 Å². The van der Waals surface area contributed by atoms with Crippen LogP contribution < -0.4 is 0 Å². The standard InChI is InChI=1S/C16H11BrF4N4O/c17-10-1-4-14(22-8-10)16(20,21)15(26,9-25-23-5-6-24-25)12-3-2-11(18)7-13(12)19/h1-8,26H,9H2. The van der Waals surface area contributed by atoms with E-state index in [1.165, 1.54) is 18.5 Å². The average molecular weight is 431 g/mol. The molecule has 1 N–H and O–H groups in total. The molecule has 0 aliphatic carbocycles. The third-order valence-electron chi connectivity index (χ3n) is 3.78. The molecule has 0 aliphatic heterocycles. The molecule has 1 aromatic carbocycles. The van der Waals surface area contributed by atoms with Crippen molar-refractivity contribution in [2.75, 3.05) is 0 Å². The van der Waals surface area contributed by atoms with Crippen LogP contribution in [-0.4, -0.2) is 25.1 Å². The van der Waals surface area contributed by atoms with Crippen LogP contribution in [-0.2, 0) is 18.1 Å². The van der Waals surface area contributed by atoms with Crippen molar-refractivity contribution < 1.29 is 22.7 Å². The zero-order valence-electron chi connectivity index (χ0n) is 13.0. The second-order valence-corrected chi connectivity index (χ2v) is 6.40. The maximum Gasteiger partial charge on any atom is 0.323 e. The Kier molecular flexibility index (Phi) is 4.80. The normalized spacial score (nSPS) is 14.2. The van der Waals surface area contributed by atoms with Gasteiger partial charge in [0.05, 0.1) is 12.4 Å². The minimum absolute atomic E-state index is 0.419. The minimum atomic E-state index is -4.04. The van der Waals surface area contributed by atoms with Gasteiger partial charge in [-0.3, -0.25) is 4.98 Å². The number of hydrogen-bond donors (Lipinski definition) is 1. The number of aromatic nitrogens is 4. The Balaban J connectivity index is 2.17. The first kappa shape index (κ1) is 18.5. The van der Waals surface area contributed by atoms with Crippen molar-refractivity contribution >= 4 is 15.9 Å². The van der Waals surface area contributed by atoms with Gasteiger partial charge in [0.15, 0.2) is 5.60 Å². The number of aliphatic hydroxyl groups is 1. The average Bonchev–Trinajstić information content (AvgIpc) is 3.07. The van der Waals surface area contributed by atoms with E-state index in [4.69, 9.17) is 0 Å². The van der Waals surface area contributed by atoms with E-state index in [9.17, 15) is 13.9 Å². The van der Waals surface area contributed by atoms with Crippen LogP contribution in [0.15, 0.2) is 53.4 Å². The van der Waals surface area contributed by atoms with Crippen molar-refractivity contribution in [3.8, 4) is 0 Å². The first-order valence-corrected chi connectivity index (χ1v) is 8.05. The van der Waals surface area contributed by atoms with E-state index >= 15 is 8.78 Å². The Morgan fingerprint density at radius 3 is 2.35 bits per heavy atom. The molecule has 2 heterocycles. The van der Waals surface area contributed by atoms with Gasteiger partial charge in [0.2, 0.25) is 0 Å². The molecule has 0 spiro atoms. The summed E-state index contributed by atoms with van der Waals surface area (Å²) in [5.41, 5.74) is -4.71. The summed E-state index contributed by atoms with van der Waals surface area (Å²) >= 11 is 3.08. The molecule has 5 nitrogen and oxygen atoms in total. The summed E-state index contributed by atoms with van der Waals surface area (Å²) in [6.07, 6.45) is 3.56. The molecule has 1 unspecified atom stereocenters. The maximum absolute atomic E-state index is 15.2. The molecule has 0 fully saturated rings. The lowest BCUT2D eigenvalue weighted by atomic mass is 9.84. The lowest BCUT2D eigenvalue weighted by Crippen LogP contribution is -2.48. The molecule has 2 aromatic heterocycles. The molecule has 0 aliphatic rings. The fourth-order valence-electron chi connectivity index (χ4n) is 2.48. The number of nitrogens with zero attached hydrogens (tertiary/aromatic N) is 4. The van der Waals surface area contributed by atoms with Gasteiger partial charge in [-0.1, -0.05) is 0 Å². The first-order chi connectivity index (χ1) is 12.2. The van der Waals surface area contributed by atoms with Gasteiger partial charge in [0.1, 0.15) is 23.9 Å². The van der Waals surface area contributed by atoms with Crippen molar-refractivity contribution in [1.82, 2.24) is 20.0 Å². The molecule has 10 heteroatoms. The summed E-state index contributed by atoms with van der Waals surface area (Å²) in [7, 11) is 0. The SMILES string of the molecule is OC(Cn1nccn1)(c1ccc(F)cc1F)C(F)(F)c1ccc(Br)cn1. The third-order valence-corrected chi connectivity index (χ3v) is 4.25. The Morgan fingerprint density at radius 1 is 1.08 bits per heavy atom. The van der Waals surface area contributed by atoms with Crippen LogP contribution in [0.3, 0.4) is 0 Å². The molecule has 0 radical (unpaired) electrons. The van der Waals surface area contributed by atoms with E-state index in [1.807, 2.05) is 0 Å². The number of halogens is 5. The second-order valence-electron chi connectivity index (χ2n) is 5.48. The molecule has 1 atom stereocenters. The predicted octanol–water partition coefficient (Wildman–Crippen LogP) is 3.39. The zero-order valence-corrected chi connectivity index (χ0v) is 14.5. The highest BCUT2D eigenvalue weighted by atomic mass is 79.9. The molecule has 0 saturated carbocycles. The summed E-state index contributed by atoms with van der Waals surface area (Å²) in [4.78, 5) is 4.40. The molecule has 0 bridgehead atoms. The highest BCUT2D eigenvalue weighted by Gasteiger charge is 2.58. The Morgan fingerprint density at radius 2 is 1.77 bits per heavy atom. The highest BCUT2D eigenvalue weighted by Crippen LogP contribution is 2.46. The van der Waals surface area contributed by atoms with Crippen LogP contribution in [0.25, 0.3) is 0 Å². The second kappa shape index (κ2) is 6.76. The van der Waals surface area contributed by atoms with Gasteiger partial charge >= 0.3 is 5.92 Å². The topological polar surface area (TPSA) is 63.8 Å². The van der Waals surface area contributed by atoms with Crippen molar-refractivity contribution in [2.45, 2.75) is 18.1 Å². The summed E-state index contributed by atoms with van der Waals surface area (Å²) in [6, 6.07) is 4.27. The quantitative estimate of drug-likeness (QED) is 0.630. The number of alkyl halides is 2. The van der Waals surface area contributed by atoms with Gasteiger partial charge in [-0.25, -0.2) is 8.78 Å². The largest absolute Gasteiger partial charge is 0.377 e. The predicted molar refractivity (Wildman–Crippen MR) is 86.1 cm³/mol. The molecule has 0 saturated heterocycles. The number of pyridine rings is 1. The van der Waals surface area contributed by atoms with E-state index in [2.05, 4.69) is 31.1 Å². The van der Waals surface area contributed by atoms with Gasteiger partial charge in [0.25, 0.3) is 0 Å². The molecule has 26 heavy (non-hydrogen) atoms. The van der Waals surface area contributed by atoms with Crippen LogP contribution in [0, 0.1) is 11.6 Å². The smallest absolute Gasteiger partial charge is 0.323 e. The summed E-state index contributed by atoms with van der Waals surface area (Å²) in [6.45, 7) is -0.882. The third kappa shape index (κ3) is 3.21. The Bertz CT molecular complexity index is 905. The van der Waals surface area contributed by atoms with Gasteiger partial charge in [-0.05, 0) is 40.2 Å². The van der Waals surface area contributed by atoms with E-state index in [1.54, 1.807) is 0 Å². The highest BCUT2D eigenvalue weighted by molar-refractivity contribution is 9.10. The monoisotopic (exact) mass is 430 g/mol. The summed E-state index contributed by atoms with van der Waals surface area (Å²) in [5, 5.41) is 18.3. The number of rotatable bonds is 5. The van der Waals surface area contributed by atoms with Crippen molar-refractivity contribution in [3.63, 3.8) is 0 Å². The fourth-order valence-corrected chi connectivity index (χ4v) is 2.72. The lowest BCUT2D eigenvalue weighted by molar-refractivity contribution is -0.209. The van der Waals surface area contributed by atoms with Gasteiger partial charge in [-0.2, -0.15) is 23.8 Å². The molecule has 3 aromatic rings. The Hall–Kier alpha value is -2.33. The zero-order chi connectivity index (χ0) is 18.9.